The first-order valence-electron chi connectivity index (χ1n) is 4.54. The number of carboxylic acid groups (broad SMARTS) is 1. The van der Waals surface area contributed by atoms with Crippen molar-refractivity contribution in [2.45, 2.75) is 13.3 Å². The Kier molecular flexibility index (Phi) is 4.38. The van der Waals surface area contributed by atoms with E-state index in [0.29, 0.717) is 5.56 Å². The molecule has 0 aliphatic carbocycles. The van der Waals surface area contributed by atoms with Crippen molar-refractivity contribution in [1.29, 1.82) is 0 Å². The van der Waals surface area contributed by atoms with Gasteiger partial charge in [-0.15, -0.1) is 0 Å². The lowest BCUT2D eigenvalue weighted by Gasteiger charge is -2.00. The predicted octanol–water partition coefficient (Wildman–Crippen LogP) is 2.83. The van der Waals surface area contributed by atoms with Crippen molar-refractivity contribution in [3.8, 4) is 11.8 Å². The number of halogens is 1. The van der Waals surface area contributed by atoms with Gasteiger partial charge in [0.1, 0.15) is 0 Å². The van der Waals surface area contributed by atoms with Crippen LogP contribution in [-0.4, -0.2) is 16.4 Å². The molecule has 0 aliphatic rings. The zero-order chi connectivity index (χ0) is 11.3. The fourth-order valence-electron chi connectivity index (χ4n) is 1.14. The van der Waals surface area contributed by atoms with Crippen LogP contribution in [0.2, 0.25) is 0 Å². The molecule has 0 aliphatic heterocycles. The normalized spacial score (nSPS) is 9.20. The summed E-state index contributed by atoms with van der Waals surface area (Å²) in [5.74, 6) is 4.97. The molecule has 0 radical (unpaired) electrons. The van der Waals surface area contributed by atoms with Gasteiger partial charge in [0.15, 0.2) is 0 Å². The molecule has 15 heavy (non-hydrogen) atoms. The van der Waals surface area contributed by atoms with Gasteiger partial charge in [0, 0.05) is 17.3 Å². The van der Waals surface area contributed by atoms with Gasteiger partial charge in [0.05, 0.1) is 5.56 Å². The van der Waals surface area contributed by atoms with Gasteiger partial charge in [-0.2, -0.15) is 0 Å². The molecule has 1 aromatic rings. The van der Waals surface area contributed by atoms with E-state index in [9.17, 15) is 4.79 Å². The molecule has 1 rings (SSSR count). The summed E-state index contributed by atoms with van der Waals surface area (Å²) < 4.78 is 0. The van der Waals surface area contributed by atoms with E-state index in [2.05, 4.69) is 27.8 Å². The minimum Gasteiger partial charge on any atom is -0.478 e. The van der Waals surface area contributed by atoms with Crippen molar-refractivity contribution >= 4 is 21.9 Å². The highest BCUT2D eigenvalue weighted by Gasteiger charge is 2.06. The summed E-state index contributed by atoms with van der Waals surface area (Å²) in [5.41, 5.74) is 1.83. The van der Waals surface area contributed by atoms with Crippen LogP contribution < -0.4 is 0 Å². The van der Waals surface area contributed by atoms with E-state index >= 15 is 0 Å². The average Bonchev–Trinajstić information content (AvgIpc) is 2.20. The van der Waals surface area contributed by atoms with Gasteiger partial charge < -0.3 is 5.11 Å². The molecule has 3 heteroatoms. The Morgan fingerprint density at radius 1 is 1.53 bits per heavy atom. The largest absolute Gasteiger partial charge is 0.478 e. The molecule has 0 aromatic heterocycles. The Balaban J connectivity index is 2.99. The van der Waals surface area contributed by atoms with Crippen molar-refractivity contribution in [3.05, 3.63) is 34.9 Å². The quantitative estimate of drug-likeness (QED) is 0.660. The average molecular weight is 267 g/mol. The number of aromatic carboxylic acids is 1. The molecular formula is C12H11BrO2. The monoisotopic (exact) mass is 266 g/mol. The molecule has 0 bridgehead atoms. The second-order valence-electron chi connectivity index (χ2n) is 3.08. The predicted molar refractivity (Wildman–Crippen MR) is 63.4 cm³/mol. The number of benzene rings is 1. The number of alkyl halides is 1. The van der Waals surface area contributed by atoms with Crippen molar-refractivity contribution < 1.29 is 9.90 Å². The van der Waals surface area contributed by atoms with Crippen LogP contribution in [0.15, 0.2) is 18.2 Å². The van der Waals surface area contributed by atoms with E-state index < -0.39 is 5.97 Å². The molecule has 0 unspecified atom stereocenters. The van der Waals surface area contributed by atoms with Crippen LogP contribution >= 0.6 is 15.9 Å². The summed E-state index contributed by atoms with van der Waals surface area (Å²) in [4.78, 5) is 10.8. The van der Waals surface area contributed by atoms with E-state index in [-0.39, 0.29) is 0 Å². The molecule has 0 fully saturated rings. The van der Waals surface area contributed by atoms with Gasteiger partial charge >= 0.3 is 5.97 Å². The number of hydrogen-bond donors (Lipinski definition) is 1. The standard InChI is InChI=1S/C12H11BrO2/c1-9-5-6-10(4-2-3-7-13)8-11(9)12(14)15/h5-6,8H,3,7H2,1H3,(H,14,15). The molecule has 1 aromatic carbocycles. The molecular weight excluding hydrogens is 256 g/mol. The van der Waals surface area contributed by atoms with Gasteiger partial charge in [-0.05, 0) is 24.6 Å². The van der Waals surface area contributed by atoms with E-state index in [1.54, 1.807) is 19.1 Å². The van der Waals surface area contributed by atoms with Gasteiger partial charge in [-0.25, -0.2) is 4.79 Å². The number of hydrogen-bond acceptors (Lipinski definition) is 1. The molecule has 0 heterocycles. The third kappa shape index (κ3) is 3.41. The number of rotatable bonds is 2. The Morgan fingerprint density at radius 3 is 2.87 bits per heavy atom. The van der Waals surface area contributed by atoms with E-state index in [1.807, 2.05) is 6.07 Å². The van der Waals surface area contributed by atoms with Gasteiger partial charge in [-0.3, -0.25) is 0 Å². The number of carboxylic acids is 1. The van der Waals surface area contributed by atoms with Crippen LogP contribution in [-0.2, 0) is 0 Å². The Bertz CT molecular complexity index is 427. The first-order chi connectivity index (χ1) is 7.15. The SMILES string of the molecule is Cc1ccc(C#CCCBr)cc1C(=O)O. The molecule has 0 saturated carbocycles. The Hall–Kier alpha value is -1.27. The third-order valence-electron chi connectivity index (χ3n) is 1.92. The van der Waals surface area contributed by atoms with Crippen LogP contribution in [0.5, 0.6) is 0 Å². The molecule has 2 nitrogen and oxygen atoms in total. The maximum absolute atomic E-state index is 10.8. The maximum atomic E-state index is 10.8. The maximum Gasteiger partial charge on any atom is 0.335 e. The Morgan fingerprint density at radius 2 is 2.27 bits per heavy atom. The molecule has 0 spiro atoms. The highest BCUT2D eigenvalue weighted by Crippen LogP contribution is 2.10. The van der Waals surface area contributed by atoms with Crippen molar-refractivity contribution in [3.63, 3.8) is 0 Å². The molecule has 0 atom stereocenters. The topological polar surface area (TPSA) is 37.3 Å². The highest BCUT2D eigenvalue weighted by atomic mass is 79.9. The first-order valence-corrected chi connectivity index (χ1v) is 5.66. The summed E-state index contributed by atoms with van der Waals surface area (Å²) in [6.07, 6.45) is 0.760. The third-order valence-corrected chi connectivity index (χ3v) is 2.32. The minimum absolute atomic E-state index is 0.320. The van der Waals surface area contributed by atoms with Gasteiger partial charge in [0.25, 0.3) is 0 Å². The lowest BCUT2D eigenvalue weighted by Crippen LogP contribution is -1.99. The van der Waals surface area contributed by atoms with Crippen LogP contribution in [0.1, 0.15) is 27.9 Å². The van der Waals surface area contributed by atoms with E-state index in [1.165, 1.54) is 0 Å². The van der Waals surface area contributed by atoms with E-state index in [4.69, 9.17) is 5.11 Å². The number of aryl methyl sites for hydroxylation is 1. The summed E-state index contributed by atoms with van der Waals surface area (Å²) in [6, 6.07) is 5.23. The fraction of sp³-hybridized carbons (Fsp3) is 0.250. The summed E-state index contributed by atoms with van der Waals surface area (Å²) >= 11 is 3.28. The van der Waals surface area contributed by atoms with Crippen LogP contribution in [0.4, 0.5) is 0 Å². The van der Waals surface area contributed by atoms with Crippen LogP contribution in [0, 0.1) is 18.8 Å². The number of carbonyl (C=O) groups is 1. The first kappa shape index (κ1) is 11.8. The molecule has 1 N–H and O–H groups in total. The lowest BCUT2D eigenvalue weighted by molar-refractivity contribution is 0.0696. The molecule has 78 valence electrons. The van der Waals surface area contributed by atoms with Crippen molar-refractivity contribution in [2.24, 2.45) is 0 Å². The Labute approximate surface area is 97.4 Å². The van der Waals surface area contributed by atoms with Gasteiger partial charge in [-0.1, -0.05) is 33.8 Å². The van der Waals surface area contributed by atoms with E-state index in [0.717, 1.165) is 22.9 Å². The fourth-order valence-corrected chi connectivity index (χ4v) is 1.34. The molecule has 0 amide bonds. The zero-order valence-corrected chi connectivity index (χ0v) is 9.97. The van der Waals surface area contributed by atoms with Crippen molar-refractivity contribution in [1.82, 2.24) is 0 Å². The van der Waals surface area contributed by atoms with Gasteiger partial charge in [0.2, 0.25) is 0 Å². The second-order valence-corrected chi connectivity index (χ2v) is 3.87. The summed E-state index contributed by atoms with van der Waals surface area (Å²) in [6.45, 7) is 1.78. The smallest absolute Gasteiger partial charge is 0.335 e. The second kappa shape index (κ2) is 5.57. The zero-order valence-electron chi connectivity index (χ0n) is 8.38. The lowest BCUT2D eigenvalue weighted by atomic mass is 10.1. The van der Waals surface area contributed by atoms with Crippen molar-refractivity contribution in [2.75, 3.05) is 5.33 Å². The van der Waals surface area contributed by atoms with Crippen LogP contribution in [0.3, 0.4) is 0 Å². The van der Waals surface area contributed by atoms with Crippen LogP contribution in [0.25, 0.3) is 0 Å². The summed E-state index contributed by atoms with van der Waals surface area (Å²) in [7, 11) is 0. The minimum atomic E-state index is -0.906. The summed E-state index contributed by atoms with van der Waals surface area (Å²) in [5, 5.41) is 9.74. The molecule has 0 saturated heterocycles. The highest BCUT2D eigenvalue weighted by molar-refractivity contribution is 9.09.